The van der Waals surface area contributed by atoms with Crippen LogP contribution in [0, 0.1) is 46.3 Å². The molecule has 0 aromatic heterocycles. The summed E-state index contributed by atoms with van der Waals surface area (Å²) in [7, 11) is 0. The minimum absolute atomic E-state index is 0.0157. The molecule has 4 heteroatoms. The second-order valence-corrected chi connectivity index (χ2v) is 10.1. The van der Waals surface area contributed by atoms with Gasteiger partial charge in [0.15, 0.2) is 0 Å². The van der Waals surface area contributed by atoms with E-state index in [0.717, 1.165) is 18.3 Å². The molecule has 25 heavy (non-hydrogen) atoms. The van der Waals surface area contributed by atoms with Crippen molar-refractivity contribution in [1.29, 1.82) is 0 Å². The average molecular weight is 348 g/mol. The number of fused-ring (bicyclic) bond motifs is 5. The van der Waals surface area contributed by atoms with E-state index in [1.165, 1.54) is 38.5 Å². The minimum Gasteiger partial charge on any atom is -0.481 e. The third-order valence-electron chi connectivity index (χ3n) is 9.16. The molecule has 140 valence electrons. The molecule has 4 aliphatic rings. The van der Waals surface area contributed by atoms with Gasteiger partial charge in [0.25, 0.3) is 0 Å². The Morgan fingerprint density at radius 1 is 0.880 bits per heavy atom. The molecule has 4 nitrogen and oxygen atoms in total. The molecule has 8 atom stereocenters. The van der Waals surface area contributed by atoms with Crippen molar-refractivity contribution < 1.29 is 19.8 Å². The largest absolute Gasteiger partial charge is 0.481 e. The maximum absolute atomic E-state index is 11.8. The fourth-order valence-electron chi connectivity index (χ4n) is 7.85. The van der Waals surface area contributed by atoms with Gasteiger partial charge in [0.1, 0.15) is 0 Å². The van der Waals surface area contributed by atoms with Crippen molar-refractivity contribution >= 4 is 11.9 Å². The number of carboxylic acids is 2. The van der Waals surface area contributed by atoms with Gasteiger partial charge in [-0.2, -0.15) is 0 Å². The lowest BCUT2D eigenvalue weighted by Gasteiger charge is -2.61. The first kappa shape index (κ1) is 17.4. The SMILES string of the molecule is C[C@@]12CCC[C@H]1[C@@H]1CC[C@H]3CC(C(=O)O)C(C(=O)O)C[C@]3(C)[C@H]1CC2. The average Bonchev–Trinajstić information content (AvgIpc) is 2.94. The van der Waals surface area contributed by atoms with Gasteiger partial charge < -0.3 is 10.2 Å². The first-order chi connectivity index (χ1) is 11.8. The van der Waals surface area contributed by atoms with Gasteiger partial charge in [-0.05, 0) is 85.9 Å². The summed E-state index contributed by atoms with van der Waals surface area (Å²) in [5, 5.41) is 19.2. The van der Waals surface area contributed by atoms with Crippen molar-refractivity contribution in [3.8, 4) is 0 Å². The maximum Gasteiger partial charge on any atom is 0.307 e. The van der Waals surface area contributed by atoms with Crippen LogP contribution in [0.2, 0.25) is 0 Å². The molecular weight excluding hydrogens is 316 g/mol. The standard InChI is InChI=1S/C21H32O4/c1-20-8-3-4-16(20)13-6-5-12-10-14(18(22)23)15(19(24)25)11-21(12,2)17(13)7-9-20/h12-17H,3-11H2,1-2H3,(H,22,23)(H,24,25)/t12-,13-,14?,15?,16-,17-,20-,21-/m0/s1. The molecule has 4 rings (SSSR count). The van der Waals surface area contributed by atoms with Gasteiger partial charge in [0.2, 0.25) is 0 Å². The molecule has 4 aliphatic carbocycles. The summed E-state index contributed by atoms with van der Waals surface area (Å²) < 4.78 is 0. The Morgan fingerprint density at radius 3 is 2.28 bits per heavy atom. The van der Waals surface area contributed by atoms with Crippen molar-refractivity contribution in [2.75, 3.05) is 0 Å². The highest BCUT2D eigenvalue weighted by atomic mass is 16.4. The zero-order valence-electron chi connectivity index (χ0n) is 15.5. The Kier molecular flexibility index (Phi) is 3.97. The second-order valence-electron chi connectivity index (χ2n) is 10.1. The molecule has 0 aliphatic heterocycles. The highest BCUT2D eigenvalue weighted by Crippen LogP contribution is 2.67. The van der Waals surface area contributed by atoms with E-state index in [9.17, 15) is 19.8 Å². The quantitative estimate of drug-likeness (QED) is 0.774. The number of carboxylic acid groups (broad SMARTS) is 2. The summed E-state index contributed by atoms with van der Waals surface area (Å²) in [6, 6.07) is 0. The monoisotopic (exact) mass is 348 g/mol. The zero-order chi connectivity index (χ0) is 18.0. The molecule has 4 saturated carbocycles. The van der Waals surface area contributed by atoms with Crippen LogP contribution < -0.4 is 0 Å². The van der Waals surface area contributed by atoms with E-state index in [-0.39, 0.29) is 5.41 Å². The molecule has 2 N–H and O–H groups in total. The van der Waals surface area contributed by atoms with Crippen molar-refractivity contribution in [2.24, 2.45) is 46.3 Å². The van der Waals surface area contributed by atoms with Crippen LogP contribution >= 0.6 is 0 Å². The number of hydrogen-bond donors (Lipinski definition) is 2. The van der Waals surface area contributed by atoms with Gasteiger partial charge >= 0.3 is 11.9 Å². The summed E-state index contributed by atoms with van der Waals surface area (Å²) in [6.07, 6.45) is 10.0. The van der Waals surface area contributed by atoms with Crippen molar-refractivity contribution in [3.63, 3.8) is 0 Å². The lowest BCUT2D eigenvalue weighted by molar-refractivity contribution is -0.171. The number of carbonyl (C=O) groups is 2. The first-order valence-electron chi connectivity index (χ1n) is 10.2. The lowest BCUT2D eigenvalue weighted by Crippen LogP contribution is -2.55. The van der Waals surface area contributed by atoms with E-state index < -0.39 is 23.8 Å². The lowest BCUT2D eigenvalue weighted by atomic mass is 9.43. The Morgan fingerprint density at radius 2 is 1.60 bits per heavy atom. The number of rotatable bonds is 2. The second kappa shape index (κ2) is 5.72. The van der Waals surface area contributed by atoms with E-state index in [1.54, 1.807) is 0 Å². The molecule has 0 aromatic rings. The molecule has 0 bridgehead atoms. The summed E-state index contributed by atoms with van der Waals surface area (Å²) in [5.41, 5.74) is 0.524. The van der Waals surface area contributed by atoms with Gasteiger partial charge in [0, 0.05) is 0 Å². The normalized spacial score (nSPS) is 51.9. The summed E-state index contributed by atoms with van der Waals surface area (Å²) in [5.74, 6) is -0.709. The fourth-order valence-corrected chi connectivity index (χ4v) is 7.85. The predicted molar refractivity (Wildman–Crippen MR) is 94.0 cm³/mol. The maximum atomic E-state index is 11.8. The van der Waals surface area contributed by atoms with Crippen molar-refractivity contribution in [2.45, 2.75) is 71.6 Å². The van der Waals surface area contributed by atoms with Crippen LogP contribution in [0.3, 0.4) is 0 Å². The van der Waals surface area contributed by atoms with Gasteiger partial charge in [-0.1, -0.05) is 20.3 Å². The topological polar surface area (TPSA) is 74.6 Å². The van der Waals surface area contributed by atoms with Crippen molar-refractivity contribution in [1.82, 2.24) is 0 Å². The summed E-state index contributed by atoms with van der Waals surface area (Å²) in [4.78, 5) is 23.5. The van der Waals surface area contributed by atoms with E-state index in [1.807, 2.05) is 0 Å². The predicted octanol–water partition coefficient (Wildman–Crippen LogP) is 4.43. The minimum atomic E-state index is -0.913. The molecule has 0 spiro atoms. The Bertz CT molecular complexity index is 586. The molecule has 4 fully saturated rings. The summed E-state index contributed by atoms with van der Waals surface area (Å²) >= 11 is 0. The van der Waals surface area contributed by atoms with Crippen LogP contribution in [0.25, 0.3) is 0 Å². The molecule has 0 heterocycles. The van der Waals surface area contributed by atoms with E-state index in [4.69, 9.17) is 0 Å². The molecule has 0 amide bonds. The van der Waals surface area contributed by atoms with Crippen LogP contribution in [-0.2, 0) is 9.59 Å². The highest BCUT2D eigenvalue weighted by molar-refractivity contribution is 5.80. The highest BCUT2D eigenvalue weighted by Gasteiger charge is 2.60. The fraction of sp³-hybridized carbons (Fsp3) is 0.905. The third kappa shape index (κ3) is 2.46. The van der Waals surface area contributed by atoms with E-state index in [2.05, 4.69) is 13.8 Å². The van der Waals surface area contributed by atoms with Crippen LogP contribution in [0.4, 0.5) is 0 Å². The Hall–Kier alpha value is -1.06. The smallest absolute Gasteiger partial charge is 0.307 e. The molecule has 2 unspecified atom stereocenters. The number of hydrogen-bond acceptors (Lipinski definition) is 2. The zero-order valence-corrected chi connectivity index (χ0v) is 15.5. The molecule has 0 aromatic carbocycles. The van der Waals surface area contributed by atoms with E-state index >= 15 is 0 Å². The van der Waals surface area contributed by atoms with Gasteiger partial charge in [0.05, 0.1) is 11.8 Å². The van der Waals surface area contributed by atoms with E-state index in [0.29, 0.717) is 30.1 Å². The van der Waals surface area contributed by atoms with Crippen LogP contribution in [0.5, 0.6) is 0 Å². The van der Waals surface area contributed by atoms with Crippen LogP contribution in [-0.4, -0.2) is 22.2 Å². The third-order valence-corrected chi connectivity index (χ3v) is 9.16. The molecule has 0 saturated heterocycles. The Balaban J connectivity index is 1.64. The van der Waals surface area contributed by atoms with Crippen molar-refractivity contribution in [3.05, 3.63) is 0 Å². The molecular formula is C21H32O4. The van der Waals surface area contributed by atoms with Gasteiger partial charge in [-0.3, -0.25) is 9.59 Å². The van der Waals surface area contributed by atoms with Crippen LogP contribution in [0.1, 0.15) is 71.6 Å². The van der Waals surface area contributed by atoms with Gasteiger partial charge in [-0.25, -0.2) is 0 Å². The molecule has 0 radical (unpaired) electrons. The van der Waals surface area contributed by atoms with Crippen LogP contribution in [0.15, 0.2) is 0 Å². The van der Waals surface area contributed by atoms with Gasteiger partial charge in [-0.15, -0.1) is 0 Å². The number of aliphatic carboxylic acids is 2. The summed E-state index contributed by atoms with van der Waals surface area (Å²) in [6.45, 7) is 4.79. The Labute approximate surface area is 150 Å². The first-order valence-corrected chi connectivity index (χ1v) is 10.2.